The van der Waals surface area contributed by atoms with E-state index in [-0.39, 0.29) is 5.91 Å². The van der Waals surface area contributed by atoms with Gasteiger partial charge in [0.05, 0.1) is 5.56 Å². The molecule has 0 atom stereocenters. The van der Waals surface area contributed by atoms with Crippen molar-refractivity contribution in [3.8, 4) is 0 Å². The lowest BCUT2D eigenvalue weighted by Gasteiger charge is -2.21. The van der Waals surface area contributed by atoms with Crippen LogP contribution in [0, 0.1) is 0 Å². The van der Waals surface area contributed by atoms with Crippen LogP contribution >= 0.6 is 12.6 Å². The fraction of sp³-hybridized carbons (Fsp3) is 0.235. The van der Waals surface area contributed by atoms with Crippen molar-refractivity contribution in [1.82, 2.24) is 4.90 Å². The van der Waals surface area contributed by atoms with E-state index in [1.54, 1.807) is 0 Å². The van der Waals surface area contributed by atoms with Crippen molar-refractivity contribution in [2.24, 2.45) is 0 Å². The Kier molecular flexibility index (Phi) is 3.79. The molecule has 0 aliphatic carbocycles. The summed E-state index contributed by atoms with van der Waals surface area (Å²) < 4.78 is 0. The van der Waals surface area contributed by atoms with Crippen LogP contribution in [0.4, 0.5) is 0 Å². The molecule has 0 spiro atoms. The molecule has 3 rings (SSSR count). The lowest BCUT2D eigenvalue weighted by atomic mass is 10.0. The summed E-state index contributed by atoms with van der Waals surface area (Å²) in [5.74, 6) is 0.0865. The van der Waals surface area contributed by atoms with E-state index in [1.807, 2.05) is 29.2 Å². The molecule has 1 aliphatic heterocycles. The molecule has 0 radical (unpaired) electrons. The molecule has 1 aliphatic rings. The Morgan fingerprint density at radius 2 is 1.45 bits per heavy atom. The minimum absolute atomic E-state index is 0.0865. The number of hydrogen-bond donors (Lipinski definition) is 1. The molecule has 1 amide bonds. The standard InChI is InChI=1S/C17H17NOS/c19-17(15-7-3-4-8-16(15)20)18-11-9-13-5-1-2-6-14(13)10-12-18/h1-8,20H,9-12H2. The Balaban J connectivity index is 1.80. The van der Waals surface area contributed by atoms with Gasteiger partial charge in [0.15, 0.2) is 0 Å². The van der Waals surface area contributed by atoms with Crippen LogP contribution in [-0.2, 0) is 12.8 Å². The zero-order chi connectivity index (χ0) is 13.9. The fourth-order valence-corrected chi connectivity index (χ4v) is 2.95. The molecular formula is C17H17NOS. The number of fused-ring (bicyclic) bond motifs is 1. The van der Waals surface area contributed by atoms with Gasteiger partial charge < -0.3 is 4.90 Å². The maximum absolute atomic E-state index is 12.6. The molecule has 2 nitrogen and oxygen atoms in total. The lowest BCUT2D eigenvalue weighted by Crippen LogP contribution is -2.33. The van der Waals surface area contributed by atoms with E-state index in [9.17, 15) is 4.79 Å². The summed E-state index contributed by atoms with van der Waals surface area (Å²) in [4.78, 5) is 15.3. The SMILES string of the molecule is O=C(c1ccccc1S)N1CCc2ccccc2CC1. The van der Waals surface area contributed by atoms with Gasteiger partial charge >= 0.3 is 0 Å². The molecule has 102 valence electrons. The van der Waals surface area contributed by atoms with Crippen molar-refractivity contribution < 1.29 is 4.79 Å². The van der Waals surface area contributed by atoms with E-state index in [1.165, 1.54) is 11.1 Å². The molecule has 20 heavy (non-hydrogen) atoms. The predicted molar refractivity (Wildman–Crippen MR) is 83.4 cm³/mol. The highest BCUT2D eigenvalue weighted by atomic mass is 32.1. The van der Waals surface area contributed by atoms with Gasteiger partial charge in [-0.15, -0.1) is 12.6 Å². The summed E-state index contributed by atoms with van der Waals surface area (Å²) in [7, 11) is 0. The molecule has 0 aromatic heterocycles. The van der Waals surface area contributed by atoms with E-state index in [2.05, 4.69) is 36.9 Å². The highest BCUT2D eigenvalue weighted by molar-refractivity contribution is 7.80. The smallest absolute Gasteiger partial charge is 0.255 e. The average molecular weight is 283 g/mol. The van der Waals surface area contributed by atoms with Gasteiger partial charge in [0.1, 0.15) is 0 Å². The number of rotatable bonds is 1. The van der Waals surface area contributed by atoms with Crippen LogP contribution in [-0.4, -0.2) is 23.9 Å². The third-order valence-corrected chi connectivity index (χ3v) is 4.23. The second kappa shape index (κ2) is 5.71. The van der Waals surface area contributed by atoms with Gasteiger partial charge in [-0.25, -0.2) is 0 Å². The molecule has 3 heteroatoms. The van der Waals surface area contributed by atoms with Crippen molar-refractivity contribution >= 4 is 18.5 Å². The molecule has 0 N–H and O–H groups in total. The molecule has 0 fully saturated rings. The normalized spacial score (nSPS) is 14.6. The fourth-order valence-electron chi connectivity index (χ4n) is 2.70. The highest BCUT2D eigenvalue weighted by Crippen LogP contribution is 2.19. The predicted octanol–water partition coefficient (Wildman–Crippen LogP) is 3.22. The molecule has 1 heterocycles. The summed E-state index contributed by atoms with van der Waals surface area (Å²) in [6.45, 7) is 1.55. The van der Waals surface area contributed by atoms with Crippen LogP contribution in [0.3, 0.4) is 0 Å². The summed E-state index contributed by atoms with van der Waals surface area (Å²) in [5, 5.41) is 0. The van der Waals surface area contributed by atoms with Crippen LogP contribution in [0.1, 0.15) is 21.5 Å². The average Bonchev–Trinajstić information content (AvgIpc) is 2.70. The molecule has 0 saturated heterocycles. The van der Waals surface area contributed by atoms with Gasteiger partial charge in [0.2, 0.25) is 0 Å². The number of thiol groups is 1. The van der Waals surface area contributed by atoms with Gasteiger partial charge in [0.25, 0.3) is 5.91 Å². The van der Waals surface area contributed by atoms with Gasteiger partial charge in [0, 0.05) is 18.0 Å². The number of nitrogens with zero attached hydrogens (tertiary/aromatic N) is 1. The van der Waals surface area contributed by atoms with Crippen molar-refractivity contribution in [3.05, 3.63) is 65.2 Å². The van der Waals surface area contributed by atoms with Crippen LogP contribution in [0.15, 0.2) is 53.4 Å². The van der Waals surface area contributed by atoms with Crippen LogP contribution in [0.25, 0.3) is 0 Å². The monoisotopic (exact) mass is 283 g/mol. The second-order valence-electron chi connectivity index (χ2n) is 5.08. The summed E-state index contributed by atoms with van der Waals surface area (Å²) in [6, 6.07) is 16.0. The Morgan fingerprint density at radius 1 is 0.900 bits per heavy atom. The van der Waals surface area contributed by atoms with Crippen molar-refractivity contribution in [2.45, 2.75) is 17.7 Å². The topological polar surface area (TPSA) is 20.3 Å². The van der Waals surface area contributed by atoms with E-state index in [0.717, 1.165) is 30.8 Å². The minimum Gasteiger partial charge on any atom is -0.338 e. The Morgan fingerprint density at radius 3 is 2.05 bits per heavy atom. The molecule has 0 saturated carbocycles. The quantitative estimate of drug-likeness (QED) is 0.797. The Bertz CT molecular complexity index is 611. The van der Waals surface area contributed by atoms with Crippen molar-refractivity contribution in [2.75, 3.05) is 13.1 Å². The van der Waals surface area contributed by atoms with E-state index in [0.29, 0.717) is 5.56 Å². The number of carbonyl (C=O) groups excluding carboxylic acids is 1. The summed E-state index contributed by atoms with van der Waals surface area (Å²) >= 11 is 4.39. The first-order valence-electron chi connectivity index (χ1n) is 6.90. The molecule has 2 aromatic carbocycles. The number of amides is 1. The van der Waals surface area contributed by atoms with Gasteiger partial charge in [-0.05, 0) is 36.1 Å². The van der Waals surface area contributed by atoms with Gasteiger partial charge in [-0.3, -0.25) is 4.79 Å². The first-order chi connectivity index (χ1) is 9.75. The van der Waals surface area contributed by atoms with Gasteiger partial charge in [-0.1, -0.05) is 36.4 Å². The van der Waals surface area contributed by atoms with E-state index < -0.39 is 0 Å². The third kappa shape index (κ3) is 2.59. The second-order valence-corrected chi connectivity index (χ2v) is 5.56. The van der Waals surface area contributed by atoms with Crippen molar-refractivity contribution in [3.63, 3.8) is 0 Å². The zero-order valence-corrected chi connectivity index (χ0v) is 12.1. The van der Waals surface area contributed by atoms with Crippen molar-refractivity contribution in [1.29, 1.82) is 0 Å². The Hall–Kier alpha value is -1.74. The maximum atomic E-state index is 12.6. The van der Waals surface area contributed by atoms with E-state index in [4.69, 9.17) is 0 Å². The number of hydrogen-bond acceptors (Lipinski definition) is 2. The van der Waals surface area contributed by atoms with Crippen LogP contribution in [0.5, 0.6) is 0 Å². The maximum Gasteiger partial charge on any atom is 0.255 e. The molecular weight excluding hydrogens is 266 g/mol. The molecule has 2 aromatic rings. The Labute approximate surface area is 124 Å². The minimum atomic E-state index is 0.0865. The largest absolute Gasteiger partial charge is 0.338 e. The highest BCUT2D eigenvalue weighted by Gasteiger charge is 2.20. The third-order valence-electron chi connectivity index (χ3n) is 3.84. The van der Waals surface area contributed by atoms with Gasteiger partial charge in [-0.2, -0.15) is 0 Å². The molecule has 0 bridgehead atoms. The first kappa shape index (κ1) is 13.3. The van der Waals surface area contributed by atoms with E-state index >= 15 is 0 Å². The van der Waals surface area contributed by atoms with Crippen LogP contribution in [0.2, 0.25) is 0 Å². The summed E-state index contributed by atoms with van der Waals surface area (Å²) in [5.41, 5.74) is 3.42. The number of carbonyl (C=O) groups is 1. The molecule has 0 unspecified atom stereocenters. The lowest BCUT2D eigenvalue weighted by molar-refractivity contribution is 0.0759. The first-order valence-corrected chi connectivity index (χ1v) is 7.34. The summed E-state index contributed by atoms with van der Waals surface area (Å²) in [6.07, 6.45) is 1.85. The van der Waals surface area contributed by atoms with Crippen LogP contribution < -0.4 is 0 Å². The zero-order valence-electron chi connectivity index (χ0n) is 11.2. The number of benzene rings is 2.